The van der Waals surface area contributed by atoms with Crippen LogP contribution in [0, 0.1) is 0 Å². The lowest BCUT2D eigenvalue weighted by Crippen LogP contribution is -2.17. The van der Waals surface area contributed by atoms with Crippen molar-refractivity contribution in [1.82, 2.24) is 4.90 Å². The van der Waals surface area contributed by atoms with Crippen molar-refractivity contribution < 1.29 is 4.79 Å². The summed E-state index contributed by atoms with van der Waals surface area (Å²) >= 11 is 0. The lowest BCUT2D eigenvalue weighted by Gasteiger charge is -2.17. The van der Waals surface area contributed by atoms with Gasteiger partial charge in [0.1, 0.15) is 0 Å². The van der Waals surface area contributed by atoms with Crippen LogP contribution in [0.15, 0.2) is 97.1 Å². The van der Waals surface area contributed by atoms with Crippen molar-refractivity contribution in [2.45, 2.75) is 13.1 Å². The summed E-state index contributed by atoms with van der Waals surface area (Å²) in [4.78, 5) is 15.1. The zero-order chi connectivity index (χ0) is 19.3. The Hall–Kier alpha value is -2.94. The van der Waals surface area contributed by atoms with Crippen molar-refractivity contribution in [2.24, 2.45) is 0 Å². The molecule has 4 rings (SSSR count). The minimum Gasteiger partial charge on any atom is -0.298 e. The third-order valence-corrected chi connectivity index (χ3v) is 4.98. The second-order valence-corrected chi connectivity index (χ2v) is 7.25. The van der Waals surface area contributed by atoms with E-state index in [4.69, 9.17) is 0 Å². The molecule has 0 fully saturated rings. The number of carbonyl (C=O) groups is 1. The smallest absolute Gasteiger partial charge is 0.193 e. The van der Waals surface area contributed by atoms with Gasteiger partial charge in [0.05, 0.1) is 0 Å². The molecule has 0 N–H and O–H groups in total. The molecule has 0 aliphatic heterocycles. The lowest BCUT2D eigenvalue weighted by molar-refractivity contribution is 0.103. The number of benzene rings is 4. The normalized spacial score (nSPS) is 10.7. The van der Waals surface area contributed by atoms with Gasteiger partial charge in [0.2, 0.25) is 0 Å². The van der Waals surface area contributed by atoms with Gasteiger partial charge in [-0.05, 0) is 35.0 Å². The van der Waals surface area contributed by atoms with Gasteiger partial charge in [0.15, 0.2) is 5.78 Å². The van der Waals surface area contributed by atoms with Crippen LogP contribution in [0.1, 0.15) is 27.0 Å². The van der Waals surface area contributed by atoms with E-state index >= 15 is 0 Å². The molecule has 0 aliphatic carbocycles. The topological polar surface area (TPSA) is 20.3 Å². The van der Waals surface area contributed by atoms with E-state index in [9.17, 15) is 4.79 Å². The van der Waals surface area contributed by atoms with Crippen LogP contribution < -0.4 is 0 Å². The Morgan fingerprint density at radius 3 is 1.90 bits per heavy atom. The maximum atomic E-state index is 12.9. The summed E-state index contributed by atoms with van der Waals surface area (Å²) in [7, 11) is 2.11. The molecule has 146 valence electrons. The molecular weight excluding hydrogens is 378 g/mol. The van der Waals surface area contributed by atoms with Crippen LogP contribution in [0.25, 0.3) is 10.8 Å². The Kier molecular flexibility index (Phi) is 6.82. The average molecular weight is 402 g/mol. The van der Waals surface area contributed by atoms with Crippen LogP contribution >= 0.6 is 12.4 Å². The molecule has 0 atom stereocenters. The van der Waals surface area contributed by atoms with Crippen molar-refractivity contribution in [1.29, 1.82) is 0 Å². The number of halogens is 1. The van der Waals surface area contributed by atoms with Crippen LogP contribution in [0.2, 0.25) is 0 Å². The summed E-state index contributed by atoms with van der Waals surface area (Å²) in [6, 6.07) is 32.4. The number of rotatable bonds is 6. The number of ketones is 1. The van der Waals surface area contributed by atoms with E-state index in [-0.39, 0.29) is 18.2 Å². The molecule has 2 nitrogen and oxygen atoms in total. The summed E-state index contributed by atoms with van der Waals surface area (Å²) in [6.07, 6.45) is 0. The summed E-state index contributed by atoms with van der Waals surface area (Å²) < 4.78 is 0. The van der Waals surface area contributed by atoms with Gasteiger partial charge in [0, 0.05) is 24.2 Å². The zero-order valence-electron chi connectivity index (χ0n) is 16.4. The highest BCUT2D eigenvalue weighted by atomic mass is 35.5. The largest absolute Gasteiger partial charge is 0.298 e. The second kappa shape index (κ2) is 9.51. The Balaban J connectivity index is 0.00000240. The second-order valence-electron chi connectivity index (χ2n) is 7.25. The SMILES string of the molecule is CN(Cc1ccccc1)Cc1ccc(C(=O)c2ccc3ccccc3c2)cc1.Cl. The molecule has 0 saturated heterocycles. The Morgan fingerprint density at radius 1 is 0.655 bits per heavy atom. The van der Waals surface area contributed by atoms with Gasteiger partial charge in [-0.3, -0.25) is 9.69 Å². The summed E-state index contributed by atoms with van der Waals surface area (Å²) in [5.41, 5.74) is 3.96. The van der Waals surface area contributed by atoms with E-state index in [1.807, 2.05) is 54.6 Å². The third-order valence-electron chi connectivity index (χ3n) is 4.98. The van der Waals surface area contributed by atoms with Gasteiger partial charge in [-0.25, -0.2) is 0 Å². The molecule has 0 radical (unpaired) electrons. The Labute approximate surface area is 178 Å². The van der Waals surface area contributed by atoms with Gasteiger partial charge >= 0.3 is 0 Å². The molecule has 29 heavy (non-hydrogen) atoms. The third kappa shape index (κ3) is 5.11. The average Bonchev–Trinajstić information content (AvgIpc) is 2.74. The summed E-state index contributed by atoms with van der Waals surface area (Å²) in [5.74, 6) is 0.0648. The number of nitrogens with zero attached hydrogens (tertiary/aromatic N) is 1. The van der Waals surface area contributed by atoms with Crippen LogP contribution in [0.4, 0.5) is 0 Å². The van der Waals surface area contributed by atoms with Crippen molar-refractivity contribution in [3.8, 4) is 0 Å². The van der Waals surface area contributed by atoms with Crippen molar-refractivity contribution in [3.63, 3.8) is 0 Å². The van der Waals surface area contributed by atoms with Gasteiger partial charge in [-0.2, -0.15) is 0 Å². The van der Waals surface area contributed by atoms with Crippen molar-refractivity contribution in [2.75, 3.05) is 7.05 Å². The highest BCUT2D eigenvalue weighted by molar-refractivity contribution is 6.10. The van der Waals surface area contributed by atoms with Crippen LogP contribution in [-0.4, -0.2) is 17.7 Å². The highest BCUT2D eigenvalue weighted by Gasteiger charge is 2.10. The molecule has 0 amide bonds. The molecule has 0 spiro atoms. The molecule has 0 heterocycles. The van der Waals surface area contributed by atoms with E-state index in [1.54, 1.807) is 0 Å². The standard InChI is InChI=1S/C26H23NO.ClH/c1-27(18-20-7-3-2-4-8-20)19-21-11-13-23(14-12-21)26(28)25-16-15-22-9-5-6-10-24(22)17-25;/h2-17H,18-19H2,1H3;1H. The number of hydrogen-bond donors (Lipinski definition) is 0. The lowest BCUT2D eigenvalue weighted by atomic mass is 9.99. The maximum absolute atomic E-state index is 12.9. The molecule has 4 aromatic carbocycles. The Bertz CT molecular complexity index is 1090. The minimum absolute atomic E-state index is 0. The van der Waals surface area contributed by atoms with Crippen LogP contribution in [0.3, 0.4) is 0 Å². The fourth-order valence-corrected chi connectivity index (χ4v) is 3.52. The number of carbonyl (C=O) groups excluding carboxylic acids is 1. The predicted octanol–water partition coefficient (Wildman–Crippen LogP) is 6.12. The maximum Gasteiger partial charge on any atom is 0.193 e. The van der Waals surface area contributed by atoms with Gasteiger partial charge in [-0.15, -0.1) is 12.4 Å². The van der Waals surface area contributed by atoms with Gasteiger partial charge < -0.3 is 0 Å². The van der Waals surface area contributed by atoms with Crippen LogP contribution in [-0.2, 0) is 13.1 Å². The quantitative estimate of drug-likeness (QED) is 0.362. The number of hydrogen-bond acceptors (Lipinski definition) is 2. The molecule has 0 unspecified atom stereocenters. The molecular formula is C26H24ClNO. The summed E-state index contributed by atoms with van der Waals surface area (Å²) in [5, 5.41) is 2.24. The first-order chi connectivity index (χ1) is 13.7. The summed E-state index contributed by atoms with van der Waals surface area (Å²) in [6.45, 7) is 1.75. The van der Waals surface area contributed by atoms with Gasteiger partial charge in [-0.1, -0.05) is 91.0 Å². The number of fused-ring (bicyclic) bond motifs is 1. The van der Waals surface area contributed by atoms with E-state index in [0.717, 1.165) is 35.0 Å². The van der Waals surface area contributed by atoms with E-state index < -0.39 is 0 Å². The highest BCUT2D eigenvalue weighted by Crippen LogP contribution is 2.19. The van der Waals surface area contributed by atoms with Crippen molar-refractivity contribution >= 4 is 29.0 Å². The molecule has 3 heteroatoms. The first kappa shape index (κ1) is 20.8. The van der Waals surface area contributed by atoms with E-state index in [0.29, 0.717) is 0 Å². The van der Waals surface area contributed by atoms with E-state index in [1.165, 1.54) is 11.1 Å². The fraction of sp³-hybridized carbons (Fsp3) is 0.115. The minimum atomic E-state index is 0. The van der Waals surface area contributed by atoms with Crippen molar-refractivity contribution in [3.05, 3.63) is 119 Å². The molecule has 0 saturated carbocycles. The van der Waals surface area contributed by atoms with E-state index in [2.05, 4.69) is 54.4 Å². The Morgan fingerprint density at radius 2 is 1.21 bits per heavy atom. The monoisotopic (exact) mass is 401 g/mol. The fourth-order valence-electron chi connectivity index (χ4n) is 3.52. The zero-order valence-corrected chi connectivity index (χ0v) is 17.2. The molecule has 0 aliphatic rings. The predicted molar refractivity (Wildman–Crippen MR) is 123 cm³/mol. The first-order valence-electron chi connectivity index (χ1n) is 9.54. The molecule has 0 bridgehead atoms. The van der Waals surface area contributed by atoms with Crippen LogP contribution in [0.5, 0.6) is 0 Å². The van der Waals surface area contributed by atoms with Gasteiger partial charge in [0.25, 0.3) is 0 Å². The molecule has 4 aromatic rings. The first-order valence-corrected chi connectivity index (χ1v) is 9.54. The molecule has 0 aromatic heterocycles.